The fourth-order valence-corrected chi connectivity index (χ4v) is 1.46. The average Bonchev–Trinajstić information content (AvgIpc) is 2.45. The lowest BCUT2D eigenvalue weighted by Crippen LogP contribution is -2.30. The van der Waals surface area contributed by atoms with Crippen LogP contribution in [-0.4, -0.2) is 36.6 Å². The molecule has 0 aromatic rings. The van der Waals surface area contributed by atoms with Crippen LogP contribution in [0.4, 0.5) is 17.6 Å². The van der Waals surface area contributed by atoms with E-state index < -0.39 is 54.3 Å². The molecule has 0 rings (SSSR count). The van der Waals surface area contributed by atoms with Gasteiger partial charge < -0.3 is 4.89 Å². The number of rotatable bonds is 10. The van der Waals surface area contributed by atoms with Crippen molar-refractivity contribution in [2.45, 2.75) is 84.6 Å². The number of alkyl halides is 4. The zero-order valence-electron chi connectivity index (χ0n) is 16.1. The normalized spacial score (nSPS) is 15.8. The highest BCUT2D eigenvalue weighted by Crippen LogP contribution is 2.32. The van der Waals surface area contributed by atoms with Crippen molar-refractivity contribution in [2.24, 2.45) is 0 Å². The maximum Gasteiger partial charge on any atom is 0.303 e. The number of hydrogen-bond acceptors (Lipinski definition) is 4. The highest BCUT2D eigenvalue weighted by Gasteiger charge is 2.39. The topological polar surface area (TPSA) is 36.9 Å². The van der Waals surface area contributed by atoms with Crippen LogP contribution < -0.4 is 0 Å². The van der Waals surface area contributed by atoms with Gasteiger partial charge in [0.2, 0.25) is 0 Å². The van der Waals surface area contributed by atoms with E-state index in [0.717, 1.165) is 0 Å². The van der Waals surface area contributed by atoms with Gasteiger partial charge in [0.25, 0.3) is 0 Å². The van der Waals surface area contributed by atoms with Crippen LogP contribution in [-0.2, 0) is 19.6 Å². The second-order valence-electron chi connectivity index (χ2n) is 7.69. The molecule has 0 amide bonds. The molecule has 0 heterocycles. The molecule has 1 atom stereocenters. The molecule has 0 aliphatic heterocycles. The largest absolute Gasteiger partial charge is 0.341 e. The van der Waals surface area contributed by atoms with Crippen LogP contribution in [0.1, 0.15) is 61.3 Å². The predicted octanol–water partition coefficient (Wildman–Crippen LogP) is 5.48. The number of halogens is 4. The third-order valence-corrected chi connectivity index (χ3v) is 2.70. The van der Waals surface area contributed by atoms with Gasteiger partial charge in [-0.2, -0.15) is 13.7 Å². The number of hydrogen-bond donors (Lipinski definition) is 0. The maximum atomic E-state index is 14.0. The van der Waals surface area contributed by atoms with Crippen LogP contribution in [0.15, 0.2) is 11.3 Å². The standard InChI is InChI=1S/C17H30F4O4/c1-8-12(19)9-14(23-25-16(5,6)7)13(17(20,21)11-18)10-22-24-15(2,3)4/h12H,8-11H2,1-7H3/b14-13-. The Bertz CT molecular complexity index is 425. The van der Waals surface area contributed by atoms with E-state index in [-0.39, 0.29) is 6.42 Å². The van der Waals surface area contributed by atoms with Crippen molar-refractivity contribution in [1.29, 1.82) is 0 Å². The molecule has 150 valence electrons. The summed E-state index contributed by atoms with van der Waals surface area (Å²) < 4.78 is 54.7. The van der Waals surface area contributed by atoms with E-state index in [1.54, 1.807) is 48.5 Å². The molecule has 25 heavy (non-hydrogen) atoms. The van der Waals surface area contributed by atoms with Gasteiger partial charge in [0, 0.05) is 6.42 Å². The SMILES string of the molecule is CCC(F)C/C(OOC(C)(C)C)=C(\COOC(C)(C)C)C(F)(F)CF. The summed E-state index contributed by atoms with van der Waals surface area (Å²) in [6.07, 6.45) is -1.86. The monoisotopic (exact) mass is 374 g/mol. The van der Waals surface area contributed by atoms with Gasteiger partial charge in [0.05, 0.1) is 11.2 Å². The lowest BCUT2D eigenvalue weighted by molar-refractivity contribution is -0.348. The lowest BCUT2D eigenvalue weighted by Gasteiger charge is -2.25. The molecule has 0 radical (unpaired) electrons. The van der Waals surface area contributed by atoms with Crippen LogP contribution in [0.25, 0.3) is 0 Å². The van der Waals surface area contributed by atoms with E-state index in [2.05, 4.69) is 0 Å². The van der Waals surface area contributed by atoms with Gasteiger partial charge in [-0.25, -0.2) is 18.6 Å². The minimum atomic E-state index is -3.90. The van der Waals surface area contributed by atoms with Crippen molar-refractivity contribution in [1.82, 2.24) is 0 Å². The first-order valence-corrected chi connectivity index (χ1v) is 8.18. The van der Waals surface area contributed by atoms with E-state index in [1.807, 2.05) is 0 Å². The first-order valence-electron chi connectivity index (χ1n) is 8.18. The summed E-state index contributed by atoms with van der Waals surface area (Å²) in [5.41, 5.74) is -2.44. The molecule has 0 bridgehead atoms. The minimum absolute atomic E-state index is 0.0796. The predicted molar refractivity (Wildman–Crippen MR) is 86.5 cm³/mol. The second-order valence-corrected chi connectivity index (χ2v) is 7.69. The summed E-state index contributed by atoms with van der Waals surface area (Å²) >= 11 is 0. The summed E-state index contributed by atoms with van der Waals surface area (Å²) in [6.45, 7) is 8.63. The van der Waals surface area contributed by atoms with E-state index in [1.165, 1.54) is 0 Å². The summed E-state index contributed by atoms with van der Waals surface area (Å²) in [7, 11) is 0. The molecular formula is C17H30F4O4. The van der Waals surface area contributed by atoms with Gasteiger partial charge in [-0.1, -0.05) is 6.92 Å². The highest BCUT2D eigenvalue weighted by atomic mass is 19.3. The lowest BCUT2D eigenvalue weighted by atomic mass is 10.0. The minimum Gasteiger partial charge on any atom is -0.341 e. The van der Waals surface area contributed by atoms with Crippen molar-refractivity contribution in [3.8, 4) is 0 Å². The maximum absolute atomic E-state index is 14.0. The van der Waals surface area contributed by atoms with Gasteiger partial charge in [0.1, 0.15) is 18.4 Å². The smallest absolute Gasteiger partial charge is 0.303 e. The van der Waals surface area contributed by atoms with Crippen LogP contribution in [0.5, 0.6) is 0 Å². The van der Waals surface area contributed by atoms with E-state index in [9.17, 15) is 17.6 Å². The molecular weight excluding hydrogens is 344 g/mol. The zero-order chi connectivity index (χ0) is 19.9. The molecule has 4 nitrogen and oxygen atoms in total. The average molecular weight is 374 g/mol. The van der Waals surface area contributed by atoms with E-state index in [0.29, 0.717) is 0 Å². The van der Waals surface area contributed by atoms with Crippen molar-refractivity contribution in [3.63, 3.8) is 0 Å². The Balaban J connectivity index is 5.60. The van der Waals surface area contributed by atoms with Gasteiger partial charge in [-0.3, -0.25) is 0 Å². The molecule has 0 saturated heterocycles. The highest BCUT2D eigenvalue weighted by molar-refractivity contribution is 5.19. The Hall–Kier alpha value is -0.860. The van der Waals surface area contributed by atoms with Crippen molar-refractivity contribution in [2.75, 3.05) is 13.3 Å². The molecule has 1 unspecified atom stereocenters. The third-order valence-electron chi connectivity index (χ3n) is 2.70. The summed E-state index contributed by atoms with van der Waals surface area (Å²) in [6, 6.07) is 0. The first-order chi connectivity index (χ1) is 11.2. The summed E-state index contributed by atoms with van der Waals surface area (Å²) in [5.74, 6) is -4.39. The Kier molecular flexibility index (Phi) is 9.40. The molecule has 0 aromatic carbocycles. The Labute approximate surface area is 147 Å². The third kappa shape index (κ3) is 10.7. The van der Waals surface area contributed by atoms with Gasteiger partial charge in [0.15, 0.2) is 12.4 Å². The molecule has 0 aromatic heterocycles. The zero-order valence-corrected chi connectivity index (χ0v) is 16.1. The molecule has 0 saturated carbocycles. The molecule has 8 heteroatoms. The molecule has 0 fully saturated rings. The molecule has 0 aliphatic carbocycles. The second kappa shape index (κ2) is 9.73. The van der Waals surface area contributed by atoms with Crippen LogP contribution in [0.3, 0.4) is 0 Å². The summed E-state index contributed by atoms with van der Waals surface area (Å²) in [4.78, 5) is 19.8. The van der Waals surface area contributed by atoms with Gasteiger partial charge in [-0.15, -0.1) is 0 Å². The first kappa shape index (κ1) is 24.1. The van der Waals surface area contributed by atoms with E-state index >= 15 is 0 Å². The Morgan fingerprint density at radius 1 is 0.960 bits per heavy atom. The molecule has 0 spiro atoms. The summed E-state index contributed by atoms with van der Waals surface area (Å²) in [5, 5.41) is 0. The van der Waals surface area contributed by atoms with Crippen molar-refractivity contribution in [3.05, 3.63) is 11.3 Å². The van der Waals surface area contributed by atoms with Crippen LogP contribution >= 0.6 is 0 Å². The van der Waals surface area contributed by atoms with E-state index in [4.69, 9.17) is 19.6 Å². The molecule has 0 aliphatic rings. The van der Waals surface area contributed by atoms with Crippen molar-refractivity contribution >= 4 is 0 Å². The Morgan fingerprint density at radius 3 is 1.88 bits per heavy atom. The fraction of sp³-hybridized carbons (Fsp3) is 0.882. The number of allylic oxidation sites excluding steroid dienone is 1. The quantitative estimate of drug-likeness (QED) is 0.220. The fourth-order valence-electron chi connectivity index (χ4n) is 1.46. The van der Waals surface area contributed by atoms with Crippen LogP contribution in [0.2, 0.25) is 0 Å². The molecule has 0 N–H and O–H groups in total. The van der Waals surface area contributed by atoms with Crippen molar-refractivity contribution < 1.29 is 37.1 Å². The van der Waals surface area contributed by atoms with Gasteiger partial charge >= 0.3 is 5.92 Å². The van der Waals surface area contributed by atoms with Gasteiger partial charge in [-0.05, 0) is 48.0 Å². The Morgan fingerprint density at radius 2 is 1.48 bits per heavy atom. The van der Waals surface area contributed by atoms with Crippen LogP contribution in [0, 0.1) is 0 Å².